The molecule has 1 aliphatic rings. The minimum absolute atomic E-state index is 0.157. The summed E-state index contributed by atoms with van der Waals surface area (Å²) < 4.78 is 22.9. The molecule has 0 amide bonds. The zero-order valence-electron chi connectivity index (χ0n) is 11.6. The van der Waals surface area contributed by atoms with E-state index in [2.05, 4.69) is 30.0 Å². The number of aryl methyl sites for hydroxylation is 1. The van der Waals surface area contributed by atoms with Gasteiger partial charge in [-0.3, -0.25) is 0 Å². The molecule has 2 rings (SSSR count). The Morgan fingerprint density at radius 1 is 1.32 bits per heavy atom. The van der Waals surface area contributed by atoms with Crippen molar-refractivity contribution in [2.24, 2.45) is 5.73 Å². The first kappa shape index (κ1) is 14.3. The maximum atomic E-state index is 11.4. The van der Waals surface area contributed by atoms with Gasteiger partial charge in [0.15, 0.2) is 9.84 Å². The third-order valence-corrected chi connectivity index (χ3v) is 5.19. The van der Waals surface area contributed by atoms with E-state index in [0.717, 1.165) is 12.1 Å². The molecular weight excluding hydrogens is 260 g/mol. The van der Waals surface area contributed by atoms with Crippen LogP contribution in [-0.2, 0) is 16.3 Å². The molecule has 0 aliphatic carbocycles. The van der Waals surface area contributed by atoms with E-state index in [1.54, 1.807) is 0 Å². The first-order chi connectivity index (χ1) is 8.87. The normalized spacial score (nSPS) is 20.3. The van der Waals surface area contributed by atoms with Gasteiger partial charge in [0.25, 0.3) is 0 Å². The number of anilines is 1. The molecule has 1 aliphatic heterocycles. The number of hydrogen-bond acceptors (Lipinski definition) is 4. The molecule has 0 aromatic heterocycles. The first-order valence-electron chi connectivity index (χ1n) is 6.68. The van der Waals surface area contributed by atoms with Crippen LogP contribution in [0.3, 0.4) is 0 Å². The molecule has 0 bridgehead atoms. The van der Waals surface area contributed by atoms with Crippen LogP contribution >= 0.6 is 0 Å². The lowest BCUT2D eigenvalue weighted by molar-refractivity contribution is 0.587. The van der Waals surface area contributed by atoms with Gasteiger partial charge in [-0.1, -0.05) is 6.07 Å². The fraction of sp³-hybridized carbons (Fsp3) is 0.571. The van der Waals surface area contributed by atoms with Gasteiger partial charge in [-0.15, -0.1) is 0 Å². The third-order valence-electron chi connectivity index (χ3n) is 3.58. The van der Waals surface area contributed by atoms with E-state index in [0.29, 0.717) is 13.1 Å². The summed E-state index contributed by atoms with van der Waals surface area (Å²) in [4.78, 5) is 2.14. The van der Waals surface area contributed by atoms with Crippen molar-refractivity contribution in [3.8, 4) is 0 Å². The minimum atomic E-state index is -2.82. The summed E-state index contributed by atoms with van der Waals surface area (Å²) in [7, 11) is -2.82. The lowest BCUT2D eigenvalue weighted by Crippen LogP contribution is -2.40. The first-order valence-corrected chi connectivity index (χ1v) is 8.50. The van der Waals surface area contributed by atoms with Crippen molar-refractivity contribution in [2.45, 2.75) is 26.3 Å². The second kappa shape index (κ2) is 5.51. The van der Waals surface area contributed by atoms with Gasteiger partial charge in [0.05, 0.1) is 11.5 Å². The molecule has 106 valence electrons. The van der Waals surface area contributed by atoms with Crippen molar-refractivity contribution >= 4 is 15.5 Å². The summed E-state index contributed by atoms with van der Waals surface area (Å²) in [5.74, 6) is 0.515. The Morgan fingerprint density at radius 2 is 1.95 bits per heavy atom. The Bertz CT molecular complexity index is 539. The fourth-order valence-electron chi connectivity index (χ4n) is 2.42. The summed E-state index contributed by atoms with van der Waals surface area (Å²) in [5, 5.41) is 0. The number of benzene rings is 1. The van der Waals surface area contributed by atoms with Crippen molar-refractivity contribution in [3.63, 3.8) is 0 Å². The van der Waals surface area contributed by atoms with E-state index in [-0.39, 0.29) is 17.5 Å². The fourth-order valence-corrected chi connectivity index (χ4v) is 3.62. The van der Waals surface area contributed by atoms with E-state index in [1.807, 2.05) is 6.92 Å². The van der Waals surface area contributed by atoms with Gasteiger partial charge in [0.2, 0.25) is 0 Å². The van der Waals surface area contributed by atoms with Crippen molar-refractivity contribution < 1.29 is 8.42 Å². The Morgan fingerprint density at radius 3 is 2.47 bits per heavy atom. The average molecular weight is 282 g/mol. The molecule has 0 saturated carbocycles. The summed E-state index contributed by atoms with van der Waals surface area (Å²) in [6.07, 6.45) is 0.875. The van der Waals surface area contributed by atoms with Crippen LogP contribution < -0.4 is 10.6 Å². The number of nitrogens with zero attached hydrogens (tertiary/aromatic N) is 1. The van der Waals surface area contributed by atoms with Crippen LogP contribution in [0.15, 0.2) is 18.2 Å². The Kier molecular flexibility index (Phi) is 4.16. The molecule has 0 radical (unpaired) electrons. The minimum Gasteiger partial charge on any atom is -0.369 e. The van der Waals surface area contributed by atoms with Crippen molar-refractivity contribution in [1.29, 1.82) is 0 Å². The molecule has 1 aromatic carbocycles. The highest BCUT2D eigenvalue weighted by Gasteiger charge is 2.21. The lowest BCUT2D eigenvalue weighted by atomic mass is 10.0. The van der Waals surface area contributed by atoms with Crippen LogP contribution in [0.1, 0.15) is 18.1 Å². The number of hydrogen-bond donors (Lipinski definition) is 1. The van der Waals surface area contributed by atoms with E-state index in [1.165, 1.54) is 11.1 Å². The van der Waals surface area contributed by atoms with Crippen molar-refractivity contribution in [2.75, 3.05) is 29.5 Å². The second-order valence-corrected chi connectivity index (χ2v) is 7.73. The Balaban J connectivity index is 2.12. The van der Waals surface area contributed by atoms with Crippen LogP contribution in [0.2, 0.25) is 0 Å². The highest BCUT2D eigenvalue weighted by Crippen LogP contribution is 2.21. The standard InChI is InChI=1S/C14H22N2O2S/c1-11-9-14(4-3-13(11)10-12(2)15)16-5-7-19(17,18)8-6-16/h3-4,9,12H,5-8,10,15H2,1-2H3. The van der Waals surface area contributed by atoms with E-state index in [4.69, 9.17) is 5.73 Å². The lowest BCUT2D eigenvalue weighted by Gasteiger charge is -2.29. The van der Waals surface area contributed by atoms with Gasteiger partial charge in [0, 0.05) is 24.8 Å². The van der Waals surface area contributed by atoms with E-state index < -0.39 is 9.84 Å². The summed E-state index contributed by atoms with van der Waals surface area (Å²) in [5.41, 5.74) is 9.43. The molecular formula is C14H22N2O2S. The van der Waals surface area contributed by atoms with Crippen LogP contribution in [0.25, 0.3) is 0 Å². The van der Waals surface area contributed by atoms with Crippen LogP contribution in [0.5, 0.6) is 0 Å². The van der Waals surface area contributed by atoms with Crippen LogP contribution in [-0.4, -0.2) is 39.1 Å². The molecule has 1 heterocycles. The smallest absolute Gasteiger partial charge is 0.153 e. The molecule has 1 aromatic rings. The van der Waals surface area contributed by atoms with Crippen LogP contribution in [0.4, 0.5) is 5.69 Å². The Labute approximate surface area is 115 Å². The predicted molar refractivity (Wildman–Crippen MR) is 79.4 cm³/mol. The molecule has 1 saturated heterocycles. The predicted octanol–water partition coefficient (Wildman–Crippen LogP) is 1.12. The third kappa shape index (κ3) is 3.70. The Hall–Kier alpha value is -1.07. The zero-order valence-corrected chi connectivity index (χ0v) is 12.4. The monoisotopic (exact) mass is 282 g/mol. The quantitative estimate of drug-likeness (QED) is 0.902. The molecule has 2 N–H and O–H groups in total. The van der Waals surface area contributed by atoms with Gasteiger partial charge >= 0.3 is 0 Å². The number of nitrogens with two attached hydrogens (primary N) is 1. The molecule has 4 nitrogen and oxygen atoms in total. The van der Waals surface area contributed by atoms with Gasteiger partial charge in [-0.05, 0) is 43.5 Å². The highest BCUT2D eigenvalue weighted by atomic mass is 32.2. The van der Waals surface area contributed by atoms with Gasteiger partial charge < -0.3 is 10.6 Å². The van der Waals surface area contributed by atoms with Gasteiger partial charge in [-0.25, -0.2) is 8.42 Å². The maximum absolute atomic E-state index is 11.4. The van der Waals surface area contributed by atoms with Crippen molar-refractivity contribution in [3.05, 3.63) is 29.3 Å². The molecule has 19 heavy (non-hydrogen) atoms. The summed E-state index contributed by atoms with van der Waals surface area (Å²) in [6, 6.07) is 6.47. The maximum Gasteiger partial charge on any atom is 0.153 e. The van der Waals surface area contributed by atoms with E-state index in [9.17, 15) is 8.42 Å². The topological polar surface area (TPSA) is 63.4 Å². The highest BCUT2D eigenvalue weighted by molar-refractivity contribution is 7.91. The molecule has 1 unspecified atom stereocenters. The molecule has 5 heteroatoms. The largest absolute Gasteiger partial charge is 0.369 e. The number of sulfone groups is 1. The summed E-state index contributed by atoms with van der Waals surface area (Å²) in [6.45, 7) is 5.27. The van der Waals surface area contributed by atoms with Crippen LogP contribution in [0, 0.1) is 6.92 Å². The van der Waals surface area contributed by atoms with Gasteiger partial charge in [-0.2, -0.15) is 0 Å². The summed E-state index contributed by atoms with van der Waals surface area (Å²) >= 11 is 0. The SMILES string of the molecule is Cc1cc(N2CCS(=O)(=O)CC2)ccc1CC(C)N. The molecule has 1 fully saturated rings. The second-order valence-electron chi connectivity index (χ2n) is 5.43. The average Bonchev–Trinajstić information content (AvgIpc) is 2.31. The number of rotatable bonds is 3. The van der Waals surface area contributed by atoms with E-state index >= 15 is 0 Å². The molecule has 0 spiro atoms. The van der Waals surface area contributed by atoms with Crippen molar-refractivity contribution in [1.82, 2.24) is 0 Å². The van der Waals surface area contributed by atoms with Gasteiger partial charge in [0.1, 0.15) is 0 Å². The molecule has 1 atom stereocenters. The zero-order chi connectivity index (χ0) is 14.0.